The van der Waals surface area contributed by atoms with E-state index in [0.29, 0.717) is 0 Å². The van der Waals surface area contributed by atoms with Crippen molar-refractivity contribution in [3.05, 3.63) is 187 Å². The van der Waals surface area contributed by atoms with E-state index in [9.17, 15) is 0 Å². The summed E-state index contributed by atoms with van der Waals surface area (Å²) in [5.41, 5.74) is 14.9. The Bertz CT molecular complexity index is 2170. The molecule has 0 aliphatic heterocycles. The molecule has 0 bridgehead atoms. The molecular formula is C48H43B2N3. The van der Waals surface area contributed by atoms with Gasteiger partial charge >= 0.3 is 0 Å². The molecule has 0 spiro atoms. The summed E-state index contributed by atoms with van der Waals surface area (Å²) in [6, 6.07) is 59.9. The van der Waals surface area contributed by atoms with E-state index in [0.717, 1.165) is 68.5 Å². The van der Waals surface area contributed by atoms with E-state index in [4.69, 9.17) is 15.7 Å². The molecule has 0 aliphatic rings. The van der Waals surface area contributed by atoms with Gasteiger partial charge in [-0.3, -0.25) is 0 Å². The van der Waals surface area contributed by atoms with Crippen LogP contribution in [-0.2, 0) is 6.42 Å². The molecule has 0 aliphatic carbocycles. The van der Waals surface area contributed by atoms with Crippen molar-refractivity contribution in [2.45, 2.75) is 40.0 Å². The first-order valence-electron chi connectivity index (χ1n) is 18.4. The Morgan fingerprint density at radius 2 is 0.566 bits per heavy atom. The molecule has 0 unspecified atom stereocenters. The number of hydrogen-bond acceptors (Lipinski definition) is 3. The summed E-state index contributed by atoms with van der Waals surface area (Å²) in [5, 5.41) is 0. The summed E-state index contributed by atoms with van der Waals surface area (Å²) >= 11 is 0. The average Bonchev–Trinajstić information content (AvgIpc) is 3.19. The van der Waals surface area contributed by atoms with Crippen molar-refractivity contribution < 1.29 is 0 Å². The van der Waals surface area contributed by atoms with E-state index in [1.54, 1.807) is 0 Å². The highest BCUT2D eigenvalue weighted by atomic mass is 15.2. The molecule has 4 radical (unpaired) electrons. The number of aryl methyl sites for hydroxylation is 3. The predicted octanol–water partition coefficient (Wildman–Crippen LogP) is 11.6. The number of nitrogens with zero attached hydrogens (tertiary/aromatic N) is 3. The fraction of sp³-hybridized carbons (Fsp3) is 0.125. The highest BCUT2D eigenvalue weighted by Crippen LogP contribution is 2.41. The van der Waals surface area contributed by atoms with Gasteiger partial charge in [0.15, 0.2) is 0 Å². The predicted molar refractivity (Wildman–Crippen MR) is 229 cm³/mol. The maximum absolute atomic E-state index is 6.16. The third kappa shape index (κ3) is 8.26. The van der Waals surface area contributed by atoms with Crippen LogP contribution in [0.3, 0.4) is 0 Å². The first kappa shape index (κ1) is 35.5. The van der Waals surface area contributed by atoms with Crippen LogP contribution in [-0.4, -0.2) is 15.7 Å². The van der Waals surface area contributed by atoms with Crippen LogP contribution in [0.5, 0.6) is 0 Å². The minimum absolute atomic E-state index is 0.728. The molecule has 0 N–H and O–H groups in total. The molecule has 0 aromatic heterocycles. The fourth-order valence-corrected chi connectivity index (χ4v) is 6.67. The summed E-state index contributed by atoms with van der Waals surface area (Å²) in [7, 11) is 12.3. The second-order valence-corrected chi connectivity index (χ2v) is 13.7. The van der Waals surface area contributed by atoms with Crippen LogP contribution in [0.2, 0.25) is 0 Å². The van der Waals surface area contributed by atoms with Crippen molar-refractivity contribution in [2.24, 2.45) is 0 Å². The standard InChI is InChI=1S/C48H43B2N3/c1-4-5-6-37-11-21-42(22-12-37)52(43-23-13-38(49)14-24-43)46-29-33-48(34-30-46)53(44-25-15-39(50)16-26-44)47-31-27-45(28-32-47)51(40-17-7-35(2)8-18-40)41-19-9-36(3)10-20-41/h7-34H,4-6H2,1-3H3. The van der Waals surface area contributed by atoms with Crippen molar-refractivity contribution in [1.82, 2.24) is 0 Å². The second-order valence-electron chi connectivity index (χ2n) is 13.7. The molecular weight excluding hydrogens is 640 g/mol. The lowest BCUT2D eigenvalue weighted by Crippen LogP contribution is -2.14. The smallest absolute Gasteiger partial charge is 0.113 e. The van der Waals surface area contributed by atoms with E-state index in [-0.39, 0.29) is 0 Å². The Morgan fingerprint density at radius 1 is 0.340 bits per heavy atom. The van der Waals surface area contributed by atoms with Crippen LogP contribution < -0.4 is 25.6 Å². The maximum Gasteiger partial charge on any atom is 0.113 e. The Balaban J connectivity index is 1.26. The fourth-order valence-electron chi connectivity index (χ4n) is 6.67. The van der Waals surface area contributed by atoms with Crippen LogP contribution in [0.4, 0.5) is 51.2 Å². The molecule has 0 heterocycles. The highest BCUT2D eigenvalue weighted by Gasteiger charge is 2.18. The molecule has 0 atom stereocenters. The molecule has 53 heavy (non-hydrogen) atoms. The van der Waals surface area contributed by atoms with Crippen molar-refractivity contribution in [1.29, 1.82) is 0 Å². The lowest BCUT2D eigenvalue weighted by Gasteiger charge is -2.29. The summed E-state index contributed by atoms with van der Waals surface area (Å²) < 4.78 is 0. The van der Waals surface area contributed by atoms with Gasteiger partial charge in [0.05, 0.1) is 0 Å². The van der Waals surface area contributed by atoms with E-state index < -0.39 is 0 Å². The Labute approximate surface area is 318 Å². The first-order valence-corrected chi connectivity index (χ1v) is 18.4. The van der Waals surface area contributed by atoms with E-state index in [1.165, 1.54) is 29.5 Å². The van der Waals surface area contributed by atoms with Crippen molar-refractivity contribution >= 4 is 77.8 Å². The number of anilines is 9. The molecule has 3 nitrogen and oxygen atoms in total. The van der Waals surface area contributed by atoms with Gasteiger partial charge in [-0.2, -0.15) is 0 Å². The first-order chi connectivity index (χ1) is 25.9. The summed E-state index contributed by atoms with van der Waals surface area (Å²) in [5.74, 6) is 0. The Kier molecular flexibility index (Phi) is 10.8. The topological polar surface area (TPSA) is 9.72 Å². The lowest BCUT2D eigenvalue weighted by atomic mass is 9.96. The SMILES string of the molecule is [B]c1ccc(N(c2ccc(CCCC)cc2)c2ccc(N(c3ccc([B])cc3)c3ccc(N(c4ccc(C)cc4)c4ccc(C)cc4)cc3)cc2)cc1. The van der Waals surface area contributed by atoms with E-state index >= 15 is 0 Å². The third-order valence-corrected chi connectivity index (χ3v) is 9.63. The van der Waals surface area contributed by atoms with Crippen LogP contribution in [0.15, 0.2) is 170 Å². The van der Waals surface area contributed by atoms with Crippen molar-refractivity contribution in [2.75, 3.05) is 14.7 Å². The average molecular weight is 684 g/mol. The molecule has 256 valence electrons. The molecule has 0 saturated heterocycles. The van der Waals surface area contributed by atoms with Crippen LogP contribution in [0.25, 0.3) is 0 Å². The summed E-state index contributed by atoms with van der Waals surface area (Å²) in [6.45, 7) is 6.47. The monoisotopic (exact) mass is 683 g/mol. The van der Waals surface area contributed by atoms with Gasteiger partial charge in [-0.25, -0.2) is 0 Å². The maximum atomic E-state index is 6.16. The Morgan fingerprint density at radius 3 is 0.830 bits per heavy atom. The lowest BCUT2D eigenvalue weighted by molar-refractivity contribution is 0.795. The molecule has 7 aromatic rings. The van der Waals surface area contributed by atoms with Crippen molar-refractivity contribution in [3.63, 3.8) is 0 Å². The number of unbranched alkanes of at least 4 members (excludes halogenated alkanes) is 1. The molecule has 5 heteroatoms. The van der Waals surface area contributed by atoms with Crippen LogP contribution in [0, 0.1) is 13.8 Å². The third-order valence-electron chi connectivity index (χ3n) is 9.63. The van der Waals surface area contributed by atoms with Gasteiger partial charge in [-0.15, -0.1) is 0 Å². The van der Waals surface area contributed by atoms with Crippen LogP contribution in [0.1, 0.15) is 36.5 Å². The number of benzene rings is 7. The van der Waals surface area contributed by atoms with Gasteiger partial charge in [0.25, 0.3) is 0 Å². The minimum Gasteiger partial charge on any atom is -0.311 e. The highest BCUT2D eigenvalue weighted by molar-refractivity contribution is 6.32. The van der Waals surface area contributed by atoms with Gasteiger partial charge in [0.2, 0.25) is 0 Å². The van der Waals surface area contributed by atoms with Gasteiger partial charge in [0.1, 0.15) is 15.7 Å². The van der Waals surface area contributed by atoms with Gasteiger partial charge in [-0.1, -0.05) is 96.1 Å². The Hall–Kier alpha value is -5.93. The molecule has 0 amide bonds. The molecule has 0 saturated carbocycles. The molecule has 0 fully saturated rings. The molecule has 7 aromatic carbocycles. The van der Waals surface area contributed by atoms with Gasteiger partial charge < -0.3 is 14.7 Å². The summed E-state index contributed by atoms with van der Waals surface area (Å²) in [6.07, 6.45) is 3.46. The van der Waals surface area contributed by atoms with Gasteiger partial charge in [-0.05, 0) is 141 Å². The largest absolute Gasteiger partial charge is 0.311 e. The van der Waals surface area contributed by atoms with E-state index in [1.807, 2.05) is 24.3 Å². The zero-order valence-electron chi connectivity index (χ0n) is 30.8. The zero-order valence-corrected chi connectivity index (χ0v) is 30.8. The molecule has 7 rings (SSSR count). The summed E-state index contributed by atoms with van der Waals surface area (Å²) in [4.78, 5) is 6.85. The second kappa shape index (κ2) is 16.2. The normalized spacial score (nSPS) is 10.9. The number of rotatable bonds is 12. The van der Waals surface area contributed by atoms with E-state index in [2.05, 4.69) is 181 Å². The van der Waals surface area contributed by atoms with Crippen molar-refractivity contribution in [3.8, 4) is 0 Å². The number of hydrogen-bond donors (Lipinski definition) is 0. The zero-order chi connectivity index (χ0) is 36.7. The van der Waals surface area contributed by atoms with Gasteiger partial charge in [0, 0.05) is 51.2 Å². The van der Waals surface area contributed by atoms with Crippen LogP contribution >= 0.6 is 0 Å². The minimum atomic E-state index is 0.728. The quantitative estimate of drug-likeness (QED) is 0.119.